The molecule has 7 heteroatoms. The summed E-state index contributed by atoms with van der Waals surface area (Å²) < 4.78 is 18.8. The smallest absolute Gasteiger partial charge is 0.171 e. The number of benzene rings is 1. The Bertz CT molecular complexity index is 689. The lowest BCUT2D eigenvalue weighted by Crippen LogP contribution is -3.15. The maximum atomic E-state index is 13.3. The molecular formula is C18H23FN3OS2+. The Kier molecular flexibility index (Phi) is 6.36. The fraction of sp³-hybridized carbons (Fsp3) is 0.389. The first-order valence-electron chi connectivity index (χ1n) is 8.42. The monoisotopic (exact) mass is 380 g/mol. The van der Waals surface area contributed by atoms with E-state index in [1.54, 1.807) is 23.5 Å². The minimum atomic E-state index is -0.282. The average molecular weight is 381 g/mol. The lowest BCUT2D eigenvalue weighted by Gasteiger charge is -2.35. The van der Waals surface area contributed by atoms with Gasteiger partial charge in [0, 0.05) is 5.69 Å². The van der Waals surface area contributed by atoms with Crippen LogP contribution in [0.2, 0.25) is 0 Å². The van der Waals surface area contributed by atoms with Gasteiger partial charge < -0.3 is 20.3 Å². The Morgan fingerprint density at radius 2 is 2.08 bits per heavy atom. The molecule has 0 radical (unpaired) electrons. The lowest BCUT2D eigenvalue weighted by molar-refractivity contribution is -0.939. The molecule has 1 aliphatic heterocycles. The molecule has 134 valence electrons. The summed E-state index contributed by atoms with van der Waals surface area (Å²) in [5.41, 5.74) is 0.649. The van der Waals surface area contributed by atoms with Gasteiger partial charge in [-0.1, -0.05) is 12.1 Å². The van der Waals surface area contributed by atoms with Crippen molar-refractivity contribution in [2.24, 2.45) is 0 Å². The highest BCUT2D eigenvalue weighted by Crippen LogP contribution is 2.20. The number of hydrogen-bond acceptors (Lipinski definition) is 3. The molecule has 0 aliphatic carbocycles. The lowest BCUT2D eigenvalue weighted by atomic mass is 10.1. The van der Waals surface area contributed by atoms with Crippen LogP contribution in [-0.2, 0) is 4.74 Å². The van der Waals surface area contributed by atoms with Crippen molar-refractivity contribution in [1.82, 2.24) is 5.32 Å². The number of ether oxygens (including phenoxy) is 1. The van der Waals surface area contributed by atoms with Gasteiger partial charge in [0.15, 0.2) is 5.11 Å². The van der Waals surface area contributed by atoms with Gasteiger partial charge in [-0.25, -0.2) is 4.39 Å². The topological polar surface area (TPSA) is 37.7 Å². The van der Waals surface area contributed by atoms with E-state index in [-0.39, 0.29) is 11.9 Å². The first-order chi connectivity index (χ1) is 12.1. The first-order valence-corrected chi connectivity index (χ1v) is 9.71. The van der Waals surface area contributed by atoms with Crippen molar-refractivity contribution in [3.63, 3.8) is 0 Å². The zero-order valence-electron chi connectivity index (χ0n) is 14.1. The SMILES string of the molecule is C[C@@H](NC(=S)Nc1cccc(F)c1)[C@H](c1cccs1)[NH+]1CCOCC1. The largest absolute Gasteiger partial charge is 0.370 e. The summed E-state index contributed by atoms with van der Waals surface area (Å²) in [5, 5.41) is 9.06. The van der Waals surface area contributed by atoms with E-state index in [0.717, 1.165) is 26.3 Å². The molecule has 2 atom stereocenters. The van der Waals surface area contributed by atoms with Crippen molar-refractivity contribution < 1.29 is 14.0 Å². The van der Waals surface area contributed by atoms with Gasteiger partial charge in [-0.15, -0.1) is 11.3 Å². The molecule has 1 fully saturated rings. The summed E-state index contributed by atoms with van der Waals surface area (Å²) in [7, 11) is 0. The second-order valence-corrected chi connectivity index (χ2v) is 7.55. The maximum Gasteiger partial charge on any atom is 0.171 e. The van der Waals surface area contributed by atoms with E-state index in [4.69, 9.17) is 17.0 Å². The predicted molar refractivity (Wildman–Crippen MR) is 104 cm³/mol. The van der Waals surface area contributed by atoms with Gasteiger partial charge in [0.05, 0.1) is 24.1 Å². The van der Waals surface area contributed by atoms with Crippen LogP contribution in [0.1, 0.15) is 17.8 Å². The third-order valence-electron chi connectivity index (χ3n) is 4.37. The van der Waals surface area contributed by atoms with Gasteiger partial charge in [0.2, 0.25) is 0 Å². The van der Waals surface area contributed by atoms with E-state index in [2.05, 4.69) is 35.1 Å². The molecular weight excluding hydrogens is 357 g/mol. The maximum absolute atomic E-state index is 13.3. The quantitative estimate of drug-likeness (QED) is 0.696. The predicted octanol–water partition coefficient (Wildman–Crippen LogP) is 2.22. The minimum absolute atomic E-state index is 0.139. The molecule has 1 aromatic carbocycles. The van der Waals surface area contributed by atoms with E-state index in [9.17, 15) is 4.39 Å². The van der Waals surface area contributed by atoms with Gasteiger partial charge in [0.1, 0.15) is 24.9 Å². The second-order valence-electron chi connectivity index (χ2n) is 6.16. The Morgan fingerprint density at radius 3 is 2.76 bits per heavy atom. The van der Waals surface area contributed by atoms with E-state index in [1.807, 2.05) is 0 Å². The molecule has 1 aromatic heterocycles. The van der Waals surface area contributed by atoms with Crippen molar-refractivity contribution in [2.45, 2.75) is 19.0 Å². The molecule has 2 heterocycles. The van der Waals surface area contributed by atoms with Crippen LogP contribution in [0.15, 0.2) is 41.8 Å². The molecule has 3 rings (SSSR count). The van der Waals surface area contributed by atoms with Gasteiger partial charge in [0.25, 0.3) is 0 Å². The Morgan fingerprint density at radius 1 is 1.28 bits per heavy atom. The number of nitrogens with one attached hydrogen (secondary N) is 3. The summed E-state index contributed by atoms with van der Waals surface area (Å²) in [4.78, 5) is 2.84. The van der Waals surface area contributed by atoms with Crippen molar-refractivity contribution >= 4 is 34.4 Å². The highest BCUT2D eigenvalue weighted by molar-refractivity contribution is 7.80. The number of thiophene rings is 1. The molecule has 1 aliphatic rings. The normalized spacial score (nSPS) is 17.7. The highest BCUT2D eigenvalue weighted by atomic mass is 32.1. The van der Waals surface area contributed by atoms with E-state index < -0.39 is 0 Å². The number of morpholine rings is 1. The van der Waals surface area contributed by atoms with Crippen molar-refractivity contribution in [3.8, 4) is 0 Å². The van der Waals surface area contributed by atoms with Crippen molar-refractivity contribution in [3.05, 3.63) is 52.5 Å². The second kappa shape index (κ2) is 8.71. The van der Waals surface area contributed by atoms with E-state index >= 15 is 0 Å². The van der Waals surface area contributed by atoms with Crippen LogP contribution < -0.4 is 15.5 Å². The Balaban J connectivity index is 1.67. The molecule has 4 nitrogen and oxygen atoms in total. The molecule has 0 bridgehead atoms. The van der Waals surface area contributed by atoms with Crippen LogP contribution in [0.4, 0.5) is 10.1 Å². The summed E-state index contributed by atoms with van der Waals surface area (Å²) in [5.74, 6) is -0.282. The number of anilines is 1. The number of thiocarbonyl (C=S) groups is 1. The minimum Gasteiger partial charge on any atom is -0.370 e. The molecule has 1 saturated heterocycles. The van der Waals surface area contributed by atoms with E-state index in [0.29, 0.717) is 16.8 Å². The van der Waals surface area contributed by atoms with Crippen LogP contribution in [0.3, 0.4) is 0 Å². The molecule has 0 unspecified atom stereocenters. The van der Waals surface area contributed by atoms with Crippen LogP contribution in [0.25, 0.3) is 0 Å². The summed E-state index contributed by atoms with van der Waals surface area (Å²) >= 11 is 7.20. The molecule has 2 aromatic rings. The Hall–Kier alpha value is -1.54. The zero-order chi connectivity index (χ0) is 17.6. The van der Waals surface area contributed by atoms with Gasteiger partial charge in [-0.3, -0.25) is 0 Å². The third kappa shape index (κ3) is 4.98. The van der Waals surface area contributed by atoms with Crippen molar-refractivity contribution in [1.29, 1.82) is 0 Å². The fourth-order valence-corrected chi connectivity index (χ4v) is 4.53. The molecule has 0 amide bonds. The number of halogens is 1. The number of hydrogen-bond donors (Lipinski definition) is 3. The highest BCUT2D eigenvalue weighted by Gasteiger charge is 2.32. The van der Waals surface area contributed by atoms with E-state index in [1.165, 1.54) is 21.9 Å². The average Bonchev–Trinajstić information content (AvgIpc) is 3.10. The summed E-state index contributed by atoms with van der Waals surface area (Å²) in [6.07, 6.45) is 0. The molecule has 3 N–H and O–H groups in total. The number of rotatable bonds is 5. The molecule has 25 heavy (non-hydrogen) atoms. The van der Waals surface area contributed by atoms with Crippen LogP contribution in [-0.4, -0.2) is 37.5 Å². The zero-order valence-corrected chi connectivity index (χ0v) is 15.8. The fourth-order valence-electron chi connectivity index (χ4n) is 3.24. The first kappa shape index (κ1) is 18.3. The number of quaternary nitrogens is 1. The summed E-state index contributed by atoms with van der Waals surface area (Å²) in [6, 6.07) is 11.0. The van der Waals surface area contributed by atoms with Gasteiger partial charge in [-0.05, 0) is 48.8 Å². The van der Waals surface area contributed by atoms with Gasteiger partial charge >= 0.3 is 0 Å². The van der Waals surface area contributed by atoms with Crippen molar-refractivity contribution in [2.75, 3.05) is 31.6 Å². The molecule has 0 spiro atoms. The van der Waals surface area contributed by atoms with Crippen LogP contribution >= 0.6 is 23.6 Å². The Labute approximate surface area is 157 Å². The van der Waals surface area contributed by atoms with Gasteiger partial charge in [-0.2, -0.15) is 0 Å². The van der Waals surface area contributed by atoms with Crippen LogP contribution in [0.5, 0.6) is 0 Å². The third-order valence-corrected chi connectivity index (χ3v) is 5.54. The molecule has 0 saturated carbocycles. The van der Waals surface area contributed by atoms with Crippen LogP contribution in [0, 0.1) is 5.82 Å². The standard InChI is InChI=1S/C18H22FN3OS2/c1-13(20-18(24)21-15-5-2-4-14(19)12-15)17(16-6-3-11-25-16)22-7-9-23-10-8-22/h2-6,11-13,17H,7-10H2,1H3,(H2,20,21,24)/p+1/t13-,17-/m1/s1. The summed E-state index contributed by atoms with van der Waals surface area (Å²) in [6.45, 7) is 5.69.